The van der Waals surface area contributed by atoms with Crippen LogP contribution in [0, 0.1) is 0 Å². The quantitative estimate of drug-likeness (QED) is 0.444. The number of rotatable bonds is 6. The number of aromatic amines is 1. The van der Waals surface area contributed by atoms with Crippen molar-refractivity contribution in [2.45, 2.75) is 13.1 Å². The Morgan fingerprint density at radius 3 is 2.46 bits per heavy atom. The molecule has 1 aliphatic heterocycles. The number of hydrogen-bond donors (Lipinski definition) is 1. The lowest BCUT2D eigenvalue weighted by Gasteiger charge is -2.34. The van der Waals surface area contributed by atoms with E-state index < -0.39 is 0 Å². The Hall–Kier alpha value is -3.76. The first-order valence-electron chi connectivity index (χ1n) is 11.3. The van der Waals surface area contributed by atoms with Gasteiger partial charge >= 0.3 is 0 Å². The number of nitrogens with zero attached hydrogens (tertiary/aromatic N) is 4. The summed E-state index contributed by atoms with van der Waals surface area (Å²) in [4.78, 5) is 46.6. The first-order chi connectivity index (χ1) is 17.0. The van der Waals surface area contributed by atoms with Crippen LogP contribution < -0.4 is 15.9 Å². The molecule has 5 rings (SSSR count). The Kier molecular flexibility index (Phi) is 6.47. The number of methoxy groups -OCH3 is 1. The van der Waals surface area contributed by atoms with Crippen molar-refractivity contribution in [3.63, 3.8) is 0 Å². The minimum absolute atomic E-state index is 0.184. The maximum absolute atomic E-state index is 12.8. The highest BCUT2D eigenvalue weighted by molar-refractivity contribution is 7.13. The molecule has 1 amide bonds. The normalized spacial score (nSPS) is 14.4. The smallest absolute Gasteiger partial charge is 0.273 e. The molecule has 35 heavy (non-hydrogen) atoms. The van der Waals surface area contributed by atoms with Gasteiger partial charge in [-0.25, -0.2) is 9.67 Å². The third-order valence-corrected chi connectivity index (χ3v) is 7.12. The molecular weight excluding hydrogens is 466 g/mol. The van der Waals surface area contributed by atoms with E-state index in [2.05, 4.69) is 15.4 Å². The minimum atomic E-state index is -0.380. The Balaban J connectivity index is 1.18. The second kappa shape index (κ2) is 9.85. The molecule has 0 radical (unpaired) electrons. The molecule has 4 aromatic rings. The molecule has 1 aliphatic rings. The number of aromatic nitrogens is 3. The van der Waals surface area contributed by atoms with Crippen molar-refractivity contribution in [3.8, 4) is 16.3 Å². The second-order valence-corrected chi connectivity index (χ2v) is 9.27. The zero-order chi connectivity index (χ0) is 24.4. The van der Waals surface area contributed by atoms with Gasteiger partial charge in [0, 0.05) is 43.7 Å². The molecule has 1 N–H and O–H groups in total. The van der Waals surface area contributed by atoms with E-state index in [-0.39, 0.29) is 23.6 Å². The number of hydrogen-bond acceptors (Lipinski definition) is 7. The Morgan fingerprint density at radius 2 is 1.74 bits per heavy atom. The monoisotopic (exact) mass is 491 g/mol. The molecule has 10 heteroatoms. The molecule has 0 saturated carbocycles. The van der Waals surface area contributed by atoms with Gasteiger partial charge in [-0.3, -0.25) is 24.4 Å². The molecule has 3 heterocycles. The van der Waals surface area contributed by atoms with Crippen LogP contribution in [0.25, 0.3) is 21.3 Å². The fraction of sp³-hybridized carbons (Fsp3) is 0.280. The fourth-order valence-corrected chi connectivity index (χ4v) is 5.04. The first-order valence-corrected chi connectivity index (χ1v) is 12.2. The van der Waals surface area contributed by atoms with Crippen LogP contribution in [0.3, 0.4) is 0 Å². The van der Waals surface area contributed by atoms with Crippen LogP contribution in [0.1, 0.15) is 5.69 Å². The number of nitrogens with one attached hydrogen (secondary N) is 1. The number of ether oxygens (including phenoxy) is 1. The molecule has 2 aromatic heterocycles. The van der Waals surface area contributed by atoms with Crippen LogP contribution in [0.5, 0.6) is 5.75 Å². The molecule has 1 fully saturated rings. The van der Waals surface area contributed by atoms with Gasteiger partial charge in [-0.1, -0.05) is 12.1 Å². The van der Waals surface area contributed by atoms with E-state index in [1.807, 2.05) is 24.3 Å². The van der Waals surface area contributed by atoms with Crippen molar-refractivity contribution in [2.75, 3.05) is 33.3 Å². The number of amides is 1. The van der Waals surface area contributed by atoms with Crippen LogP contribution in [-0.2, 0) is 17.9 Å². The summed E-state index contributed by atoms with van der Waals surface area (Å²) in [6.45, 7) is 3.07. The van der Waals surface area contributed by atoms with E-state index in [4.69, 9.17) is 9.72 Å². The van der Waals surface area contributed by atoms with Gasteiger partial charge in [-0.15, -0.1) is 11.3 Å². The van der Waals surface area contributed by atoms with Gasteiger partial charge in [-0.05, 0) is 36.4 Å². The first kappa shape index (κ1) is 23.0. The maximum Gasteiger partial charge on any atom is 0.273 e. The number of piperazine rings is 1. The summed E-state index contributed by atoms with van der Waals surface area (Å²) in [6.07, 6.45) is 0. The molecule has 0 spiro atoms. The zero-order valence-electron chi connectivity index (χ0n) is 19.3. The highest BCUT2D eigenvalue weighted by atomic mass is 32.1. The Bertz CT molecular complexity index is 1470. The summed E-state index contributed by atoms with van der Waals surface area (Å²) in [5, 5.41) is 6.20. The van der Waals surface area contributed by atoms with Gasteiger partial charge in [0.25, 0.3) is 11.1 Å². The number of carbonyl (C=O) groups excluding carboxylic acids is 1. The molecule has 2 aromatic carbocycles. The van der Waals surface area contributed by atoms with Gasteiger partial charge in [0.1, 0.15) is 17.3 Å². The van der Waals surface area contributed by atoms with E-state index in [1.165, 1.54) is 0 Å². The summed E-state index contributed by atoms with van der Waals surface area (Å²) in [5.74, 6) is 0.628. The van der Waals surface area contributed by atoms with Gasteiger partial charge in [0.05, 0.1) is 23.6 Å². The zero-order valence-corrected chi connectivity index (χ0v) is 20.1. The van der Waals surface area contributed by atoms with E-state index in [1.54, 1.807) is 47.6 Å². The Labute approximate surface area is 205 Å². The summed E-state index contributed by atoms with van der Waals surface area (Å²) in [5.41, 5.74) is 1.30. The summed E-state index contributed by atoms with van der Waals surface area (Å²) in [6, 6.07) is 14.5. The number of fused-ring (bicyclic) bond motifs is 1. The largest absolute Gasteiger partial charge is 0.497 e. The highest BCUT2D eigenvalue weighted by Crippen LogP contribution is 2.26. The van der Waals surface area contributed by atoms with Crippen LogP contribution in [0.15, 0.2) is 63.5 Å². The average Bonchev–Trinajstić information content (AvgIpc) is 3.36. The number of carbonyl (C=O) groups is 1. The fourth-order valence-electron chi connectivity index (χ4n) is 4.22. The second-order valence-electron chi connectivity index (χ2n) is 8.41. The summed E-state index contributed by atoms with van der Waals surface area (Å²) >= 11 is 1.61. The topological polar surface area (TPSA) is 101 Å². The van der Waals surface area contributed by atoms with Crippen LogP contribution in [0.2, 0.25) is 0 Å². The van der Waals surface area contributed by atoms with Crippen molar-refractivity contribution in [1.82, 2.24) is 24.6 Å². The summed E-state index contributed by atoms with van der Waals surface area (Å²) in [7, 11) is 1.65. The molecule has 0 atom stereocenters. The maximum atomic E-state index is 12.8. The molecule has 9 nitrogen and oxygen atoms in total. The van der Waals surface area contributed by atoms with Crippen LogP contribution in [-0.4, -0.2) is 63.8 Å². The van der Waals surface area contributed by atoms with E-state index in [9.17, 15) is 14.4 Å². The van der Waals surface area contributed by atoms with Gasteiger partial charge in [-0.2, -0.15) is 0 Å². The van der Waals surface area contributed by atoms with Crippen molar-refractivity contribution < 1.29 is 9.53 Å². The lowest BCUT2D eigenvalue weighted by molar-refractivity contribution is -0.133. The van der Waals surface area contributed by atoms with E-state index in [0.717, 1.165) is 26.7 Å². The summed E-state index contributed by atoms with van der Waals surface area (Å²) < 4.78 is 6.32. The van der Waals surface area contributed by atoms with Gasteiger partial charge < -0.3 is 9.64 Å². The predicted molar refractivity (Wildman–Crippen MR) is 135 cm³/mol. The molecule has 0 unspecified atom stereocenters. The highest BCUT2D eigenvalue weighted by Gasteiger charge is 2.23. The number of H-pyrrole nitrogens is 1. The SMILES string of the molecule is COc1ccc(-c2nc(CN3CCN(C(=O)Cn4[nH]c(=O)c5ccccc5c4=O)CC3)cs2)cc1. The molecule has 0 bridgehead atoms. The standard InChI is InChI=1S/C25H25N5O4S/c1-34-19-8-6-17(7-9-19)24-26-18(16-35-24)14-28-10-12-29(13-11-28)22(31)15-30-25(33)21-5-3-2-4-20(21)23(32)27-30/h2-9,16H,10-15H2,1H3,(H,27,32). The van der Waals surface area contributed by atoms with Crippen LogP contribution in [0.4, 0.5) is 0 Å². The number of thiazole rings is 1. The minimum Gasteiger partial charge on any atom is -0.497 e. The van der Waals surface area contributed by atoms with E-state index in [0.29, 0.717) is 43.5 Å². The van der Waals surface area contributed by atoms with E-state index >= 15 is 0 Å². The van der Waals surface area contributed by atoms with Crippen molar-refractivity contribution >= 4 is 28.0 Å². The molecular formula is C25H25N5O4S. The van der Waals surface area contributed by atoms with Crippen molar-refractivity contribution in [2.24, 2.45) is 0 Å². The van der Waals surface area contributed by atoms with Gasteiger partial charge in [0.2, 0.25) is 5.91 Å². The lowest BCUT2D eigenvalue weighted by atomic mass is 10.2. The van der Waals surface area contributed by atoms with Crippen molar-refractivity contribution in [1.29, 1.82) is 0 Å². The predicted octanol–water partition coefficient (Wildman–Crippen LogP) is 2.17. The number of benzene rings is 2. The average molecular weight is 492 g/mol. The van der Waals surface area contributed by atoms with Crippen LogP contribution >= 0.6 is 11.3 Å². The third kappa shape index (κ3) is 4.89. The molecule has 180 valence electrons. The molecule has 1 saturated heterocycles. The third-order valence-electron chi connectivity index (χ3n) is 6.18. The Morgan fingerprint density at radius 1 is 1.03 bits per heavy atom. The lowest BCUT2D eigenvalue weighted by Crippen LogP contribution is -2.50. The van der Waals surface area contributed by atoms with Crippen molar-refractivity contribution in [3.05, 3.63) is 80.3 Å². The molecule has 0 aliphatic carbocycles. The van der Waals surface area contributed by atoms with Gasteiger partial charge in [0.15, 0.2) is 0 Å².